The SMILES string of the molecule is COc1cc(C(=O)N[C@H](C)C(C)C)ccc1Oc1nc(Cc2ccccc2)ns1. The van der Waals surface area contributed by atoms with Crippen molar-refractivity contribution in [1.82, 2.24) is 14.7 Å². The van der Waals surface area contributed by atoms with Gasteiger partial charge in [-0.3, -0.25) is 4.79 Å². The molecule has 152 valence electrons. The maximum atomic E-state index is 12.4. The van der Waals surface area contributed by atoms with E-state index in [1.807, 2.05) is 37.3 Å². The van der Waals surface area contributed by atoms with Crippen LogP contribution in [0.5, 0.6) is 16.7 Å². The third-order valence-corrected chi connectivity index (χ3v) is 5.27. The zero-order valence-electron chi connectivity index (χ0n) is 17.0. The molecule has 29 heavy (non-hydrogen) atoms. The Bertz CT molecular complexity index is 957. The summed E-state index contributed by atoms with van der Waals surface area (Å²) in [7, 11) is 1.54. The minimum absolute atomic E-state index is 0.0776. The molecule has 0 aliphatic carbocycles. The topological polar surface area (TPSA) is 73.3 Å². The van der Waals surface area contributed by atoms with Crippen molar-refractivity contribution in [3.05, 3.63) is 65.5 Å². The van der Waals surface area contributed by atoms with Gasteiger partial charge in [0.2, 0.25) is 0 Å². The molecule has 7 heteroatoms. The highest BCUT2D eigenvalue weighted by atomic mass is 32.1. The molecule has 0 spiro atoms. The van der Waals surface area contributed by atoms with E-state index in [1.165, 1.54) is 11.5 Å². The van der Waals surface area contributed by atoms with Gasteiger partial charge in [0.05, 0.1) is 7.11 Å². The van der Waals surface area contributed by atoms with Crippen LogP contribution in [0.3, 0.4) is 0 Å². The van der Waals surface area contributed by atoms with Crippen LogP contribution in [0.15, 0.2) is 48.5 Å². The van der Waals surface area contributed by atoms with Gasteiger partial charge in [-0.1, -0.05) is 44.2 Å². The van der Waals surface area contributed by atoms with E-state index in [-0.39, 0.29) is 11.9 Å². The predicted molar refractivity (Wildman–Crippen MR) is 114 cm³/mol. The number of rotatable bonds is 8. The number of aromatic nitrogens is 2. The Hall–Kier alpha value is -2.93. The van der Waals surface area contributed by atoms with Gasteiger partial charge in [-0.05, 0) is 36.6 Å². The Morgan fingerprint density at radius 3 is 2.55 bits per heavy atom. The highest BCUT2D eigenvalue weighted by molar-refractivity contribution is 7.07. The summed E-state index contributed by atoms with van der Waals surface area (Å²) in [4.78, 5) is 16.9. The Balaban J connectivity index is 1.70. The number of hydrogen-bond donors (Lipinski definition) is 1. The predicted octanol–water partition coefficient (Wildman–Crippen LogP) is 4.70. The van der Waals surface area contributed by atoms with E-state index >= 15 is 0 Å². The maximum Gasteiger partial charge on any atom is 0.298 e. The van der Waals surface area contributed by atoms with Gasteiger partial charge < -0.3 is 14.8 Å². The minimum atomic E-state index is -0.142. The molecular weight excluding hydrogens is 386 g/mol. The third-order valence-electron chi connectivity index (χ3n) is 4.64. The monoisotopic (exact) mass is 411 g/mol. The Morgan fingerprint density at radius 1 is 1.10 bits per heavy atom. The van der Waals surface area contributed by atoms with Crippen molar-refractivity contribution < 1.29 is 14.3 Å². The molecule has 1 heterocycles. The number of ether oxygens (including phenoxy) is 2. The van der Waals surface area contributed by atoms with Crippen molar-refractivity contribution in [2.24, 2.45) is 5.92 Å². The molecule has 0 fully saturated rings. The van der Waals surface area contributed by atoms with Crippen molar-refractivity contribution in [1.29, 1.82) is 0 Å². The molecule has 3 rings (SSSR count). The first kappa shape index (κ1) is 20.8. The van der Waals surface area contributed by atoms with E-state index in [4.69, 9.17) is 9.47 Å². The second-order valence-corrected chi connectivity index (χ2v) is 7.83. The first-order valence-corrected chi connectivity index (χ1v) is 10.3. The summed E-state index contributed by atoms with van der Waals surface area (Å²) < 4.78 is 15.6. The zero-order chi connectivity index (χ0) is 20.8. The van der Waals surface area contributed by atoms with Crippen LogP contribution in [0.2, 0.25) is 0 Å². The lowest BCUT2D eigenvalue weighted by atomic mass is 10.1. The zero-order valence-corrected chi connectivity index (χ0v) is 17.8. The van der Waals surface area contributed by atoms with Crippen LogP contribution in [-0.2, 0) is 6.42 Å². The Kier molecular flexibility index (Phi) is 6.82. The van der Waals surface area contributed by atoms with Crippen molar-refractivity contribution in [3.63, 3.8) is 0 Å². The lowest BCUT2D eigenvalue weighted by molar-refractivity contribution is 0.0930. The molecule has 0 aliphatic rings. The number of nitrogens with zero attached hydrogens (tertiary/aromatic N) is 2. The molecule has 2 aromatic carbocycles. The summed E-state index contributed by atoms with van der Waals surface area (Å²) in [5.74, 6) is 1.87. The second-order valence-electron chi connectivity index (χ2n) is 7.11. The summed E-state index contributed by atoms with van der Waals surface area (Å²) in [6.07, 6.45) is 0.644. The summed E-state index contributed by atoms with van der Waals surface area (Å²) >= 11 is 1.19. The Morgan fingerprint density at radius 2 is 1.86 bits per heavy atom. The molecule has 1 aromatic heterocycles. The number of carbonyl (C=O) groups excluding carboxylic acids is 1. The van der Waals surface area contributed by atoms with Gasteiger partial charge >= 0.3 is 0 Å². The fourth-order valence-electron chi connectivity index (χ4n) is 2.57. The Labute approximate surface area is 175 Å². The molecule has 0 aliphatic heterocycles. The normalized spacial score (nSPS) is 11.9. The standard InChI is InChI=1S/C22H25N3O3S/c1-14(2)15(3)23-21(26)17-10-11-18(19(13-17)27-4)28-22-24-20(25-29-22)12-16-8-6-5-7-9-16/h5-11,13-15H,12H2,1-4H3,(H,23,26)/t15-/m1/s1. The highest BCUT2D eigenvalue weighted by Crippen LogP contribution is 2.33. The van der Waals surface area contributed by atoms with E-state index in [9.17, 15) is 4.79 Å². The maximum absolute atomic E-state index is 12.4. The van der Waals surface area contributed by atoms with E-state index in [0.29, 0.717) is 40.4 Å². The first-order chi connectivity index (χ1) is 14.0. The summed E-state index contributed by atoms with van der Waals surface area (Å²) in [6, 6.07) is 15.2. The molecule has 1 amide bonds. The van der Waals surface area contributed by atoms with Crippen molar-refractivity contribution in [2.45, 2.75) is 33.2 Å². The number of methoxy groups -OCH3 is 1. The number of amides is 1. The number of hydrogen-bond acceptors (Lipinski definition) is 6. The van der Waals surface area contributed by atoms with Crippen LogP contribution < -0.4 is 14.8 Å². The quantitative estimate of drug-likeness (QED) is 0.581. The van der Waals surface area contributed by atoms with Gasteiger partial charge in [0, 0.05) is 29.6 Å². The van der Waals surface area contributed by atoms with Gasteiger partial charge in [0.15, 0.2) is 17.3 Å². The van der Waals surface area contributed by atoms with Gasteiger partial charge in [-0.15, -0.1) is 0 Å². The molecular formula is C22H25N3O3S. The van der Waals surface area contributed by atoms with E-state index in [1.54, 1.807) is 25.3 Å². The summed E-state index contributed by atoms with van der Waals surface area (Å²) in [5, 5.41) is 3.42. The van der Waals surface area contributed by atoms with Crippen molar-refractivity contribution in [3.8, 4) is 16.7 Å². The van der Waals surface area contributed by atoms with Crippen LogP contribution in [0.1, 0.15) is 42.5 Å². The van der Waals surface area contributed by atoms with Crippen LogP contribution in [0.4, 0.5) is 0 Å². The molecule has 0 radical (unpaired) electrons. The van der Waals surface area contributed by atoms with Gasteiger partial charge in [-0.2, -0.15) is 9.36 Å². The molecule has 0 saturated carbocycles. The molecule has 0 bridgehead atoms. The van der Waals surface area contributed by atoms with Crippen LogP contribution in [0.25, 0.3) is 0 Å². The van der Waals surface area contributed by atoms with Gasteiger partial charge in [0.25, 0.3) is 11.1 Å². The first-order valence-electron chi connectivity index (χ1n) is 9.49. The lowest BCUT2D eigenvalue weighted by Gasteiger charge is -2.18. The summed E-state index contributed by atoms with van der Waals surface area (Å²) in [5.41, 5.74) is 1.66. The fraction of sp³-hybridized carbons (Fsp3) is 0.318. The third kappa shape index (κ3) is 5.54. The van der Waals surface area contributed by atoms with Crippen molar-refractivity contribution in [2.75, 3.05) is 7.11 Å². The van der Waals surface area contributed by atoms with E-state index in [2.05, 4.69) is 28.5 Å². The van der Waals surface area contributed by atoms with Crippen molar-refractivity contribution >= 4 is 17.4 Å². The average Bonchev–Trinajstić information content (AvgIpc) is 3.15. The minimum Gasteiger partial charge on any atom is -0.493 e. The lowest BCUT2D eigenvalue weighted by Crippen LogP contribution is -2.36. The molecule has 0 unspecified atom stereocenters. The highest BCUT2D eigenvalue weighted by Gasteiger charge is 2.16. The van der Waals surface area contributed by atoms with Crippen LogP contribution in [-0.4, -0.2) is 28.4 Å². The number of nitrogens with one attached hydrogen (secondary N) is 1. The van der Waals surface area contributed by atoms with Gasteiger partial charge in [0.1, 0.15) is 0 Å². The molecule has 3 aromatic rings. The van der Waals surface area contributed by atoms with Gasteiger partial charge in [-0.25, -0.2) is 0 Å². The van der Waals surface area contributed by atoms with Crippen LogP contribution >= 0.6 is 11.5 Å². The van der Waals surface area contributed by atoms with E-state index in [0.717, 1.165) is 5.56 Å². The number of benzene rings is 2. The van der Waals surface area contributed by atoms with Crippen LogP contribution in [0, 0.1) is 5.92 Å². The average molecular weight is 412 g/mol. The number of carbonyl (C=O) groups is 1. The second kappa shape index (κ2) is 9.52. The molecule has 1 atom stereocenters. The van der Waals surface area contributed by atoms with E-state index < -0.39 is 0 Å². The summed E-state index contributed by atoms with van der Waals surface area (Å²) in [6.45, 7) is 6.12. The molecule has 6 nitrogen and oxygen atoms in total. The smallest absolute Gasteiger partial charge is 0.298 e. The molecule has 1 N–H and O–H groups in total. The molecule has 0 saturated heterocycles. The largest absolute Gasteiger partial charge is 0.493 e. The fourth-order valence-corrected chi connectivity index (χ4v) is 3.14.